The van der Waals surface area contributed by atoms with Gasteiger partial charge in [-0.25, -0.2) is 4.39 Å². The average Bonchev–Trinajstić information content (AvgIpc) is 2.34. The monoisotopic (exact) mass is 238 g/mol. The van der Waals surface area contributed by atoms with Crippen LogP contribution < -0.4 is 5.32 Å². The first-order valence-corrected chi connectivity index (χ1v) is 5.99. The van der Waals surface area contributed by atoms with Gasteiger partial charge in [-0.3, -0.25) is 4.90 Å². The second kappa shape index (κ2) is 6.10. The molecule has 0 spiro atoms. The van der Waals surface area contributed by atoms with Gasteiger partial charge in [-0.1, -0.05) is 6.07 Å². The summed E-state index contributed by atoms with van der Waals surface area (Å²) >= 11 is 0. The van der Waals surface area contributed by atoms with E-state index in [2.05, 4.69) is 10.2 Å². The van der Waals surface area contributed by atoms with Crippen LogP contribution in [0.2, 0.25) is 0 Å². The number of nitrogens with one attached hydrogen (secondary N) is 1. The summed E-state index contributed by atoms with van der Waals surface area (Å²) in [5, 5.41) is 3.31. The number of rotatable bonds is 4. The van der Waals surface area contributed by atoms with Crippen LogP contribution in [0, 0.1) is 5.82 Å². The molecule has 0 unspecified atom stereocenters. The first-order valence-electron chi connectivity index (χ1n) is 5.99. The van der Waals surface area contributed by atoms with Crippen LogP contribution >= 0.6 is 0 Å². The number of halogens is 1. The molecule has 0 amide bonds. The van der Waals surface area contributed by atoms with Crippen molar-refractivity contribution in [2.45, 2.75) is 13.2 Å². The van der Waals surface area contributed by atoms with Crippen molar-refractivity contribution in [3.05, 3.63) is 35.1 Å². The molecule has 1 aromatic rings. The molecule has 1 fully saturated rings. The number of benzene rings is 1. The second-order valence-electron chi connectivity index (χ2n) is 4.37. The van der Waals surface area contributed by atoms with Crippen LogP contribution in [-0.4, -0.2) is 38.2 Å². The summed E-state index contributed by atoms with van der Waals surface area (Å²) in [5.74, 6) is -0.171. The Morgan fingerprint density at radius 2 is 2.06 bits per heavy atom. The topological polar surface area (TPSA) is 24.5 Å². The van der Waals surface area contributed by atoms with Crippen LogP contribution in [0.3, 0.4) is 0 Å². The normalized spacial score (nSPS) is 17.3. The second-order valence-corrected chi connectivity index (χ2v) is 4.37. The fourth-order valence-corrected chi connectivity index (χ4v) is 2.15. The zero-order valence-electron chi connectivity index (χ0n) is 10.2. The SMILES string of the molecule is COCc1ccc(F)cc1CN1CCNCC1. The number of nitrogens with zero attached hydrogens (tertiary/aromatic N) is 1. The Labute approximate surface area is 102 Å². The highest BCUT2D eigenvalue weighted by molar-refractivity contribution is 5.27. The summed E-state index contributed by atoms with van der Waals surface area (Å²) in [7, 11) is 1.66. The van der Waals surface area contributed by atoms with E-state index < -0.39 is 0 Å². The lowest BCUT2D eigenvalue weighted by molar-refractivity contribution is 0.181. The maximum absolute atomic E-state index is 13.3. The Hall–Kier alpha value is -0.970. The highest BCUT2D eigenvalue weighted by Gasteiger charge is 2.12. The van der Waals surface area contributed by atoms with Gasteiger partial charge in [0.25, 0.3) is 0 Å². The van der Waals surface area contributed by atoms with Crippen LogP contribution in [-0.2, 0) is 17.9 Å². The molecule has 1 aliphatic heterocycles. The predicted molar refractivity (Wildman–Crippen MR) is 65.3 cm³/mol. The van der Waals surface area contributed by atoms with Crippen LogP contribution in [0.1, 0.15) is 11.1 Å². The Morgan fingerprint density at radius 3 is 2.76 bits per heavy atom. The first kappa shape index (κ1) is 12.5. The zero-order chi connectivity index (χ0) is 12.1. The molecule has 0 saturated carbocycles. The van der Waals surface area contributed by atoms with E-state index in [0.717, 1.165) is 43.9 Å². The van der Waals surface area contributed by atoms with Crippen LogP contribution in [0.4, 0.5) is 4.39 Å². The Morgan fingerprint density at radius 1 is 1.29 bits per heavy atom. The highest BCUT2D eigenvalue weighted by Crippen LogP contribution is 2.15. The lowest BCUT2D eigenvalue weighted by atomic mass is 10.1. The Kier molecular flexibility index (Phi) is 4.48. The molecule has 0 radical (unpaired) electrons. The van der Waals surface area contributed by atoms with Gasteiger partial charge in [-0.2, -0.15) is 0 Å². The van der Waals surface area contributed by atoms with Gasteiger partial charge in [0, 0.05) is 39.8 Å². The molecule has 1 saturated heterocycles. The molecule has 1 aromatic carbocycles. The molecule has 1 heterocycles. The van der Waals surface area contributed by atoms with Crippen LogP contribution in [0.5, 0.6) is 0 Å². The van der Waals surface area contributed by atoms with E-state index in [9.17, 15) is 4.39 Å². The van der Waals surface area contributed by atoms with Gasteiger partial charge in [0.15, 0.2) is 0 Å². The zero-order valence-corrected chi connectivity index (χ0v) is 10.2. The number of ether oxygens (including phenoxy) is 1. The molecule has 3 nitrogen and oxygen atoms in total. The van der Waals surface area contributed by atoms with Crippen molar-refractivity contribution in [1.82, 2.24) is 10.2 Å². The molecule has 1 aliphatic rings. The molecule has 0 aliphatic carbocycles. The minimum atomic E-state index is -0.171. The average molecular weight is 238 g/mol. The van der Waals surface area contributed by atoms with Crippen molar-refractivity contribution in [2.75, 3.05) is 33.3 Å². The molecule has 0 aromatic heterocycles. The van der Waals surface area contributed by atoms with E-state index in [4.69, 9.17) is 4.74 Å². The van der Waals surface area contributed by atoms with E-state index in [1.807, 2.05) is 6.07 Å². The molecule has 17 heavy (non-hydrogen) atoms. The molecule has 94 valence electrons. The first-order chi connectivity index (χ1) is 8.29. The van der Waals surface area contributed by atoms with E-state index in [-0.39, 0.29) is 5.82 Å². The summed E-state index contributed by atoms with van der Waals surface area (Å²) in [4.78, 5) is 2.34. The van der Waals surface area contributed by atoms with Crippen LogP contribution in [0.25, 0.3) is 0 Å². The van der Waals surface area contributed by atoms with E-state index >= 15 is 0 Å². The number of hydrogen-bond donors (Lipinski definition) is 1. The summed E-state index contributed by atoms with van der Waals surface area (Å²) in [6.45, 7) is 5.40. The molecular formula is C13H19FN2O. The molecular weight excluding hydrogens is 219 g/mol. The minimum absolute atomic E-state index is 0.171. The lowest BCUT2D eigenvalue weighted by Crippen LogP contribution is -2.43. The van der Waals surface area contributed by atoms with Gasteiger partial charge in [-0.05, 0) is 23.3 Å². The Bertz CT molecular complexity index is 364. The lowest BCUT2D eigenvalue weighted by Gasteiger charge is -2.28. The third-order valence-corrected chi connectivity index (χ3v) is 3.07. The summed E-state index contributed by atoms with van der Waals surface area (Å²) in [6, 6.07) is 4.93. The third kappa shape index (κ3) is 3.49. The fourth-order valence-electron chi connectivity index (χ4n) is 2.15. The van der Waals surface area contributed by atoms with Crippen molar-refractivity contribution >= 4 is 0 Å². The predicted octanol–water partition coefficient (Wildman–Crippen LogP) is 1.38. The minimum Gasteiger partial charge on any atom is -0.380 e. The maximum atomic E-state index is 13.3. The number of methoxy groups -OCH3 is 1. The Balaban J connectivity index is 2.08. The van der Waals surface area contributed by atoms with Crippen molar-refractivity contribution in [3.8, 4) is 0 Å². The highest BCUT2D eigenvalue weighted by atomic mass is 19.1. The quantitative estimate of drug-likeness (QED) is 0.857. The van der Waals surface area contributed by atoms with Gasteiger partial charge in [-0.15, -0.1) is 0 Å². The van der Waals surface area contributed by atoms with Crippen molar-refractivity contribution < 1.29 is 9.13 Å². The van der Waals surface area contributed by atoms with Gasteiger partial charge in [0.2, 0.25) is 0 Å². The molecule has 0 bridgehead atoms. The van der Waals surface area contributed by atoms with Crippen molar-refractivity contribution in [1.29, 1.82) is 0 Å². The molecule has 0 atom stereocenters. The summed E-state index contributed by atoms with van der Waals surface area (Å²) in [5.41, 5.74) is 2.11. The summed E-state index contributed by atoms with van der Waals surface area (Å²) in [6.07, 6.45) is 0. The van der Waals surface area contributed by atoms with Crippen LogP contribution in [0.15, 0.2) is 18.2 Å². The van der Waals surface area contributed by atoms with Gasteiger partial charge in [0.05, 0.1) is 6.61 Å². The number of hydrogen-bond acceptors (Lipinski definition) is 3. The molecule has 2 rings (SSSR count). The summed E-state index contributed by atoms with van der Waals surface area (Å²) < 4.78 is 18.4. The van der Waals surface area contributed by atoms with Gasteiger partial charge >= 0.3 is 0 Å². The van der Waals surface area contributed by atoms with Gasteiger partial charge < -0.3 is 10.1 Å². The van der Waals surface area contributed by atoms with E-state index in [0.29, 0.717) is 6.61 Å². The van der Waals surface area contributed by atoms with E-state index in [1.54, 1.807) is 13.2 Å². The number of piperazine rings is 1. The fraction of sp³-hybridized carbons (Fsp3) is 0.538. The van der Waals surface area contributed by atoms with Crippen molar-refractivity contribution in [3.63, 3.8) is 0 Å². The maximum Gasteiger partial charge on any atom is 0.123 e. The van der Waals surface area contributed by atoms with E-state index in [1.165, 1.54) is 6.07 Å². The third-order valence-electron chi connectivity index (χ3n) is 3.07. The standard InChI is InChI=1S/C13H19FN2O/c1-17-10-11-2-3-13(14)8-12(11)9-16-6-4-15-5-7-16/h2-3,8,15H,4-7,9-10H2,1H3. The van der Waals surface area contributed by atoms with Crippen molar-refractivity contribution in [2.24, 2.45) is 0 Å². The van der Waals surface area contributed by atoms with Gasteiger partial charge in [0.1, 0.15) is 5.82 Å². The molecule has 1 N–H and O–H groups in total. The smallest absolute Gasteiger partial charge is 0.123 e. The largest absolute Gasteiger partial charge is 0.380 e. The molecule has 4 heteroatoms.